The molecule has 32 heavy (non-hydrogen) atoms. The van der Waals surface area contributed by atoms with Gasteiger partial charge in [0.1, 0.15) is 12.1 Å². The van der Waals surface area contributed by atoms with Crippen molar-refractivity contribution in [1.29, 1.82) is 0 Å². The van der Waals surface area contributed by atoms with Crippen molar-refractivity contribution < 1.29 is 14.3 Å². The first-order valence-electron chi connectivity index (χ1n) is 9.70. The normalized spacial score (nSPS) is 10.8. The van der Waals surface area contributed by atoms with Gasteiger partial charge in [-0.3, -0.25) is 14.7 Å². The number of nitrogens with one attached hydrogen (secondary N) is 1. The number of methoxy groups -OCH3 is 1. The molecule has 8 nitrogen and oxygen atoms in total. The van der Waals surface area contributed by atoms with Crippen LogP contribution in [0.25, 0.3) is 16.7 Å². The van der Waals surface area contributed by atoms with Crippen LogP contribution in [-0.2, 0) is 4.74 Å². The fourth-order valence-corrected chi connectivity index (χ4v) is 3.48. The average Bonchev–Trinajstić information content (AvgIpc) is 3.23. The number of carbonyl (C=O) groups excluding carboxylic acids is 2. The van der Waals surface area contributed by atoms with Crippen LogP contribution in [0.2, 0.25) is 5.02 Å². The molecule has 4 aromatic rings. The maximum absolute atomic E-state index is 13.2. The van der Waals surface area contributed by atoms with Gasteiger partial charge < -0.3 is 9.64 Å². The average molecular weight is 450 g/mol. The van der Waals surface area contributed by atoms with E-state index < -0.39 is 6.09 Å². The Bertz CT molecular complexity index is 1300. The standard InChI is InChI=1S/C23H20ClN5O3/c1-14-10-15(22(30)28(2)17-6-4-16(24)5-7-17)11-19-21(14)26-13-29(19)18-8-9-20(25-12-18)27-23(31)32-3/h4-13H,1-3H3,(H,25,27,31). The summed E-state index contributed by atoms with van der Waals surface area (Å²) in [6.45, 7) is 1.92. The number of benzene rings is 2. The Morgan fingerprint density at radius 3 is 2.50 bits per heavy atom. The minimum absolute atomic E-state index is 0.152. The molecule has 0 atom stereocenters. The van der Waals surface area contributed by atoms with Crippen LogP contribution >= 0.6 is 11.6 Å². The summed E-state index contributed by atoms with van der Waals surface area (Å²) >= 11 is 5.96. The molecule has 2 amide bonds. The number of amides is 2. The van der Waals surface area contributed by atoms with Crippen molar-refractivity contribution in [2.75, 3.05) is 24.4 Å². The zero-order valence-electron chi connectivity index (χ0n) is 17.7. The van der Waals surface area contributed by atoms with Crippen molar-refractivity contribution in [3.8, 4) is 5.69 Å². The molecule has 1 N–H and O–H groups in total. The van der Waals surface area contributed by atoms with Crippen molar-refractivity contribution in [1.82, 2.24) is 14.5 Å². The van der Waals surface area contributed by atoms with Gasteiger partial charge in [0, 0.05) is 23.3 Å². The topological polar surface area (TPSA) is 89.3 Å². The van der Waals surface area contributed by atoms with E-state index >= 15 is 0 Å². The minimum Gasteiger partial charge on any atom is -0.453 e. The molecule has 0 fully saturated rings. The van der Waals surface area contributed by atoms with Gasteiger partial charge in [-0.15, -0.1) is 0 Å². The Morgan fingerprint density at radius 1 is 1.09 bits per heavy atom. The summed E-state index contributed by atoms with van der Waals surface area (Å²) in [6.07, 6.45) is 2.69. The second kappa shape index (κ2) is 8.68. The zero-order valence-corrected chi connectivity index (χ0v) is 18.4. The molecule has 9 heteroatoms. The molecule has 4 rings (SSSR count). The number of ether oxygens (including phenoxy) is 1. The van der Waals surface area contributed by atoms with Crippen molar-refractivity contribution in [2.24, 2.45) is 0 Å². The summed E-state index contributed by atoms with van der Waals surface area (Å²) in [6, 6.07) is 14.2. The van der Waals surface area contributed by atoms with E-state index in [1.165, 1.54) is 7.11 Å². The lowest BCUT2D eigenvalue weighted by Crippen LogP contribution is -2.26. The number of aryl methyl sites for hydroxylation is 1. The fourth-order valence-electron chi connectivity index (χ4n) is 3.35. The lowest BCUT2D eigenvalue weighted by atomic mass is 10.1. The Kier molecular flexibility index (Phi) is 5.79. The summed E-state index contributed by atoms with van der Waals surface area (Å²) in [5, 5.41) is 3.12. The molecule has 0 saturated carbocycles. The predicted molar refractivity (Wildman–Crippen MR) is 124 cm³/mol. The predicted octanol–water partition coefficient (Wildman–Crippen LogP) is 4.84. The molecule has 0 unspecified atom stereocenters. The molecule has 0 aliphatic heterocycles. The summed E-state index contributed by atoms with van der Waals surface area (Å²) in [7, 11) is 3.01. The fraction of sp³-hybridized carbons (Fsp3) is 0.130. The Hall–Kier alpha value is -3.91. The molecule has 162 valence electrons. The number of halogens is 1. The van der Waals surface area contributed by atoms with Crippen LogP contribution in [0.3, 0.4) is 0 Å². The molecular weight excluding hydrogens is 430 g/mol. The Balaban J connectivity index is 1.69. The molecule has 0 spiro atoms. The SMILES string of the molecule is COC(=O)Nc1ccc(-n2cnc3c(C)cc(C(=O)N(C)c4ccc(Cl)cc4)cc32)cn1. The highest BCUT2D eigenvalue weighted by atomic mass is 35.5. The number of aromatic nitrogens is 3. The van der Waals surface area contributed by atoms with Crippen molar-refractivity contribution >= 4 is 46.1 Å². The highest BCUT2D eigenvalue weighted by Crippen LogP contribution is 2.25. The third-order valence-corrected chi connectivity index (χ3v) is 5.30. The van der Waals surface area contributed by atoms with E-state index in [9.17, 15) is 9.59 Å². The first kappa shape index (κ1) is 21.3. The quantitative estimate of drug-likeness (QED) is 0.481. The van der Waals surface area contributed by atoms with Crippen LogP contribution < -0.4 is 10.2 Å². The number of imidazole rings is 1. The monoisotopic (exact) mass is 449 g/mol. The van der Waals surface area contributed by atoms with Gasteiger partial charge in [-0.2, -0.15) is 0 Å². The van der Waals surface area contributed by atoms with Gasteiger partial charge in [0.05, 0.1) is 30.0 Å². The van der Waals surface area contributed by atoms with Crippen LogP contribution in [0.5, 0.6) is 0 Å². The molecule has 0 aliphatic carbocycles. The first-order chi connectivity index (χ1) is 15.4. The summed E-state index contributed by atoms with van der Waals surface area (Å²) < 4.78 is 6.42. The lowest BCUT2D eigenvalue weighted by Gasteiger charge is -2.18. The highest BCUT2D eigenvalue weighted by Gasteiger charge is 2.17. The third kappa shape index (κ3) is 4.13. The van der Waals surface area contributed by atoms with E-state index in [1.807, 2.05) is 23.6 Å². The summed E-state index contributed by atoms with van der Waals surface area (Å²) in [4.78, 5) is 34.8. The molecule has 2 heterocycles. The van der Waals surface area contributed by atoms with E-state index in [-0.39, 0.29) is 5.91 Å². The number of rotatable bonds is 4. The number of carbonyl (C=O) groups is 2. The number of fused-ring (bicyclic) bond motifs is 1. The van der Waals surface area contributed by atoms with Gasteiger partial charge in [-0.25, -0.2) is 14.8 Å². The lowest BCUT2D eigenvalue weighted by molar-refractivity contribution is 0.0993. The van der Waals surface area contributed by atoms with Crippen LogP contribution in [0.1, 0.15) is 15.9 Å². The van der Waals surface area contributed by atoms with Crippen molar-refractivity contribution in [3.05, 3.63) is 77.2 Å². The van der Waals surface area contributed by atoms with Gasteiger partial charge in [0.25, 0.3) is 5.91 Å². The van der Waals surface area contributed by atoms with Gasteiger partial charge in [0.2, 0.25) is 0 Å². The van der Waals surface area contributed by atoms with Crippen LogP contribution in [0.15, 0.2) is 61.1 Å². The van der Waals surface area contributed by atoms with Crippen molar-refractivity contribution in [3.63, 3.8) is 0 Å². The smallest absolute Gasteiger partial charge is 0.412 e. The molecule has 0 bridgehead atoms. The van der Waals surface area contributed by atoms with E-state index in [1.54, 1.807) is 60.9 Å². The molecule has 0 saturated heterocycles. The molecule has 0 aliphatic rings. The van der Waals surface area contributed by atoms with Crippen molar-refractivity contribution in [2.45, 2.75) is 6.92 Å². The first-order valence-corrected chi connectivity index (χ1v) is 10.1. The van der Waals surface area contributed by atoms with E-state index in [0.717, 1.165) is 28.0 Å². The van der Waals surface area contributed by atoms with Crippen LogP contribution in [0, 0.1) is 6.92 Å². The maximum Gasteiger partial charge on any atom is 0.412 e. The van der Waals surface area contributed by atoms with Gasteiger partial charge in [-0.1, -0.05) is 11.6 Å². The van der Waals surface area contributed by atoms with E-state index in [2.05, 4.69) is 20.0 Å². The summed E-state index contributed by atoms with van der Waals surface area (Å²) in [5.41, 5.74) is 4.44. The number of hydrogen-bond acceptors (Lipinski definition) is 5. The van der Waals surface area contributed by atoms with Gasteiger partial charge >= 0.3 is 6.09 Å². The number of anilines is 2. The Labute approximate surface area is 189 Å². The molecule has 2 aromatic carbocycles. The maximum atomic E-state index is 13.2. The minimum atomic E-state index is -0.595. The molecule has 0 radical (unpaired) electrons. The van der Waals surface area contributed by atoms with E-state index in [4.69, 9.17) is 11.6 Å². The van der Waals surface area contributed by atoms with Gasteiger partial charge in [-0.05, 0) is 61.0 Å². The Morgan fingerprint density at radius 2 is 1.84 bits per heavy atom. The molecule has 2 aromatic heterocycles. The number of hydrogen-bond donors (Lipinski definition) is 1. The van der Waals surface area contributed by atoms with E-state index in [0.29, 0.717) is 16.4 Å². The largest absolute Gasteiger partial charge is 0.453 e. The van der Waals surface area contributed by atoms with Crippen LogP contribution in [-0.4, -0.2) is 40.7 Å². The number of pyridine rings is 1. The molecular formula is C23H20ClN5O3. The second-order valence-corrected chi connectivity index (χ2v) is 7.57. The highest BCUT2D eigenvalue weighted by molar-refractivity contribution is 6.30. The van der Waals surface area contributed by atoms with Crippen LogP contribution in [0.4, 0.5) is 16.3 Å². The third-order valence-electron chi connectivity index (χ3n) is 5.05. The number of nitrogens with zero attached hydrogens (tertiary/aromatic N) is 4. The zero-order chi connectivity index (χ0) is 22.8. The van der Waals surface area contributed by atoms with Gasteiger partial charge in [0.15, 0.2) is 0 Å². The summed E-state index contributed by atoms with van der Waals surface area (Å²) in [5.74, 6) is 0.211. The second-order valence-electron chi connectivity index (χ2n) is 7.13.